The van der Waals surface area contributed by atoms with Crippen LogP contribution in [0.4, 0.5) is 5.13 Å². The number of anilines is 1. The number of nitrogens with zero attached hydrogens (tertiary/aromatic N) is 1. The first-order chi connectivity index (χ1) is 8.29. The lowest BCUT2D eigenvalue weighted by Crippen LogP contribution is -2.03. The summed E-state index contributed by atoms with van der Waals surface area (Å²) in [6, 6.07) is 8.18. The van der Waals surface area contributed by atoms with Crippen LogP contribution in [0.15, 0.2) is 29.6 Å². The van der Waals surface area contributed by atoms with Crippen molar-refractivity contribution in [2.24, 2.45) is 0 Å². The van der Waals surface area contributed by atoms with Gasteiger partial charge in [0.25, 0.3) is 0 Å². The summed E-state index contributed by atoms with van der Waals surface area (Å²) in [6.45, 7) is 1.35. The molecule has 0 saturated carbocycles. The third-order valence-electron chi connectivity index (χ3n) is 2.32. The van der Waals surface area contributed by atoms with E-state index in [4.69, 9.17) is 16.3 Å². The van der Waals surface area contributed by atoms with Crippen LogP contribution in [0, 0.1) is 0 Å². The van der Waals surface area contributed by atoms with E-state index in [0.29, 0.717) is 11.8 Å². The number of aromatic nitrogens is 1. The number of thiazole rings is 1. The summed E-state index contributed by atoms with van der Waals surface area (Å²) in [5, 5.41) is 6.42. The lowest BCUT2D eigenvalue weighted by atomic mass is 10.1. The molecule has 0 bridgehead atoms. The normalized spacial score (nSPS) is 10.5. The van der Waals surface area contributed by atoms with Crippen molar-refractivity contribution in [1.82, 2.24) is 4.98 Å². The Kier molecular flexibility index (Phi) is 4.36. The standard InChI is InChI=1S/C12H13ClN2OS/c1-16-7-10-5-3-2-4-9(10)6-14-12-15-11(13)8-17-12/h2-5,8H,6-7H2,1H3,(H,14,15). The quantitative estimate of drug-likeness (QED) is 0.900. The molecule has 0 aliphatic rings. The summed E-state index contributed by atoms with van der Waals surface area (Å²) in [5.74, 6) is 0. The third-order valence-corrected chi connectivity index (χ3v) is 3.45. The predicted octanol–water partition coefficient (Wildman–Crippen LogP) is 3.56. The molecule has 3 nitrogen and oxygen atoms in total. The van der Waals surface area contributed by atoms with Crippen LogP contribution in [-0.4, -0.2) is 12.1 Å². The maximum absolute atomic E-state index is 5.76. The second-order valence-corrected chi connectivity index (χ2v) is 4.78. The number of hydrogen-bond donors (Lipinski definition) is 1. The van der Waals surface area contributed by atoms with E-state index in [9.17, 15) is 0 Å². The Bertz CT molecular complexity index is 487. The SMILES string of the molecule is COCc1ccccc1CNc1nc(Cl)cs1. The number of ether oxygens (including phenoxy) is 1. The lowest BCUT2D eigenvalue weighted by Gasteiger charge is -2.08. The van der Waals surface area contributed by atoms with Crippen molar-refractivity contribution >= 4 is 28.1 Å². The van der Waals surface area contributed by atoms with Gasteiger partial charge in [-0.1, -0.05) is 35.9 Å². The fourth-order valence-electron chi connectivity index (χ4n) is 1.53. The molecule has 0 radical (unpaired) electrons. The number of hydrogen-bond acceptors (Lipinski definition) is 4. The largest absolute Gasteiger partial charge is 0.380 e. The van der Waals surface area contributed by atoms with Crippen molar-refractivity contribution in [3.05, 3.63) is 45.9 Å². The molecule has 90 valence electrons. The lowest BCUT2D eigenvalue weighted by molar-refractivity contribution is 0.184. The molecule has 17 heavy (non-hydrogen) atoms. The first-order valence-electron chi connectivity index (χ1n) is 5.20. The van der Waals surface area contributed by atoms with Crippen molar-refractivity contribution in [2.75, 3.05) is 12.4 Å². The smallest absolute Gasteiger partial charge is 0.184 e. The topological polar surface area (TPSA) is 34.1 Å². The van der Waals surface area contributed by atoms with Gasteiger partial charge < -0.3 is 10.1 Å². The molecule has 0 spiro atoms. The highest BCUT2D eigenvalue weighted by atomic mass is 35.5. The van der Waals surface area contributed by atoms with E-state index in [1.54, 1.807) is 7.11 Å². The van der Waals surface area contributed by atoms with E-state index in [-0.39, 0.29) is 0 Å². The molecule has 5 heteroatoms. The minimum absolute atomic E-state index is 0.530. The maximum Gasteiger partial charge on any atom is 0.184 e. The molecular formula is C12H13ClN2OS. The van der Waals surface area contributed by atoms with E-state index >= 15 is 0 Å². The average molecular weight is 269 g/mol. The number of benzene rings is 1. The highest BCUT2D eigenvalue weighted by Gasteiger charge is 2.03. The average Bonchev–Trinajstić information content (AvgIpc) is 2.74. The Balaban J connectivity index is 2.03. The van der Waals surface area contributed by atoms with E-state index in [1.807, 2.05) is 17.5 Å². The Labute approximate surface area is 109 Å². The summed E-state index contributed by atoms with van der Waals surface area (Å²) < 4.78 is 5.16. The number of nitrogens with one attached hydrogen (secondary N) is 1. The Morgan fingerprint density at radius 1 is 1.35 bits per heavy atom. The molecule has 1 heterocycles. The van der Waals surface area contributed by atoms with Gasteiger partial charge in [0.2, 0.25) is 0 Å². The van der Waals surface area contributed by atoms with Crippen molar-refractivity contribution in [3.8, 4) is 0 Å². The molecule has 0 unspecified atom stereocenters. The first kappa shape index (κ1) is 12.4. The van der Waals surface area contributed by atoms with Gasteiger partial charge in [0.05, 0.1) is 6.61 Å². The predicted molar refractivity (Wildman–Crippen MR) is 71.6 cm³/mol. The monoisotopic (exact) mass is 268 g/mol. The molecule has 0 aliphatic heterocycles. The number of halogens is 1. The van der Waals surface area contributed by atoms with Gasteiger partial charge in [-0.3, -0.25) is 0 Å². The molecule has 1 N–H and O–H groups in total. The highest BCUT2D eigenvalue weighted by molar-refractivity contribution is 7.14. The van der Waals surface area contributed by atoms with E-state index < -0.39 is 0 Å². The van der Waals surface area contributed by atoms with Gasteiger partial charge in [0.1, 0.15) is 5.15 Å². The van der Waals surface area contributed by atoms with E-state index in [2.05, 4.69) is 22.4 Å². The zero-order valence-electron chi connectivity index (χ0n) is 9.44. The number of methoxy groups -OCH3 is 1. The van der Waals surface area contributed by atoms with Crippen molar-refractivity contribution in [2.45, 2.75) is 13.2 Å². The van der Waals surface area contributed by atoms with E-state index in [0.717, 1.165) is 11.7 Å². The van der Waals surface area contributed by atoms with Crippen molar-refractivity contribution in [3.63, 3.8) is 0 Å². The Morgan fingerprint density at radius 2 is 2.12 bits per heavy atom. The molecule has 2 aromatic rings. The van der Waals surface area contributed by atoms with Gasteiger partial charge >= 0.3 is 0 Å². The zero-order valence-corrected chi connectivity index (χ0v) is 11.0. The molecule has 2 rings (SSSR count). The summed E-state index contributed by atoms with van der Waals surface area (Å²) >= 11 is 7.27. The maximum atomic E-state index is 5.76. The van der Waals surface area contributed by atoms with E-state index in [1.165, 1.54) is 22.5 Å². The molecule has 0 amide bonds. The third kappa shape index (κ3) is 3.43. The summed E-state index contributed by atoms with van der Waals surface area (Å²) in [6.07, 6.45) is 0. The molecule has 1 aromatic carbocycles. The minimum atomic E-state index is 0.530. The van der Waals surface area contributed by atoms with Crippen molar-refractivity contribution in [1.29, 1.82) is 0 Å². The van der Waals surface area contributed by atoms with Gasteiger partial charge in [-0.05, 0) is 11.1 Å². The van der Waals surface area contributed by atoms with Crippen LogP contribution in [0.1, 0.15) is 11.1 Å². The van der Waals surface area contributed by atoms with Gasteiger partial charge in [-0.2, -0.15) is 0 Å². The summed E-state index contributed by atoms with van der Waals surface area (Å²) in [4.78, 5) is 4.14. The molecule has 0 fully saturated rings. The fourth-order valence-corrected chi connectivity index (χ4v) is 2.37. The van der Waals surface area contributed by atoms with Gasteiger partial charge in [-0.25, -0.2) is 4.98 Å². The van der Waals surface area contributed by atoms with Crippen LogP contribution >= 0.6 is 22.9 Å². The van der Waals surface area contributed by atoms with Gasteiger partial charge in [0.15, 0.2) is 5.13 Å². The highest BCUT2D eigenvalue weighted by Crippen LogP contribution is 2.20. The zero-order chi connectivity index (χ0) is 12.1. The van der Waals surface area contributed by atoms with Crippen molar-refractivity contribution < 1.29 is 4.74 Å². The molecule has 0 aliphatic carbocycles. The van der Waals surface area contributed by atoms with Crippen LogP contribution in [0.2, 0.25) is 5.15 Å². The van der Waals surface area contributed by atoms with Crippen LogP contribution in [-0.2, 0) is 17.9 Å². The summed E-state index contributed by atoms with van der Waals surface area (Å²) in [7, 11) is 1.70. The number of rotatable bonds is 5. The molecule has 1 aromatic heterocycles. The molecule has 0 saturated heterocycles. The fraction of sp³-hybridized carbons (Fsp3) is 0.250. The van der Waals surface area contributed by atoms with Crippen LogP contribution in [0.25, 0.3) is 0 Å². The minimum Gasteiger partial charge on any atom is -0.380 e. The van der Waals surface area contributed by atoms with Gasteiger partial charge in [0, 0.05) is 19.0 Å². The van der Waals surface area contributed by atoms with Crippen LogP contribution < -0.4 is 5.32 Å². The first-order valence-corrected chi connectivity index (χ1v) is 6.46. The van der Waals surface area contributed by atoms with Crippen LogP contribution in [0.3, 0.4) is 0 Å². The molecular weight excluding hydrogens is 256 g/mol. The molecule has 0 atom stereocenters. The second kappa shape index (κ2) is 6.00. The van der Waals surface area contributed by atoms with Gasteiger partial charge in [-0.15, -0.1) is 11.3 Å². The van der Waals surface area contributed by atoms with Crippen LogP contribution in [0.5, 0.6) is 0 Å². The summed E-state index contributed by atoms with van der Waals surface area (Å²) in [5.41, 5.74) is 2.39. The Hall–Kier alpha value is -1.10. The Morgan fingerprint density at radius 3 is 2.76 bits per heavy atom. The second-order valence-electron chi connectivity index (χ2n) is 3.53.